The lowest BCUT2D eigenvalue weighted by molar-refractivity contribution is 0.175. The molecule has 0 saturated heterocycles. The van der Waals surface area contributed by atoms with Crippen LogP contribution in [0.25, 0.3) is 0 Å². The first-order valence-corrected chi connectivity index (χ1v) is 4.43. The van der Waals surface area contributed by atoms with E-state index in [1.165, 1.54) is 25.7 Å². The van der Waals surface area contributed by atoms with Crippen LogP contribution in [0.5, 0.6) is 0 Å². The highest BCUT2D eigenvalue weighted by atomic mass is 16.5. The maximum absolute atomic E-state index is 8.98. The summed E-state index contributed by atoms with van der Waals surface area (Å²) < 4.78 is 4.95. The Bertz CT molecular complexity index is 108. The summed E-state index contributed by atoms with van der Waals surface area (Å²) in [6.45, 7) is 1.25. The van der Waals surface area contributed by atoms with Gasteiger partial charge in [-0.25, -0.2) is 0 Å². The number of ether oxygens (including phenoxy) is 1. The Morgan fingerprint density at radius 2 is 2.09 bits per heavy atom. The monoisotopic (exact) mass is 158 g/mol. The molecule has 11 heavy (non-hydrogen) atoms. The molecule has 1 fully saturated rings. The highest BCUT2D eigenvalue weighted by Gasteiger charge is 2.40. The first-order chi connectivity index (χ1) is 5.33. The molecule has 0 amide bonds. The maximum atomic E-state index is 8.98. The van der Waals surface area contributed by atoms with Crippen molar-refractivity contribution in [2.24, 2.45) is 5.41 Å². The van der Waals surface area contributed by atoms with E-state index in [4.69, 9.17) is 9.84 Å². The third kappa shape index (κ3) is 2.80. The SMILES string of the molecule is COCCCCC1(CO)CC1. The molecule has 2 nitrogen and oxygen atoms in total. The van der Waals surface area contributed by atoms with Gasteiger partial charge in [0.25, 0.3) is 0 Å². The molecule has 1 N–H and O–H groups in total. The van der Waals surface area contributed by atoms with Gasteiger partial charge in [-0.2, -0.15) is 0 Å². The van der Waals surface area contributed by atoms with Crippen molar-refractivity contribution in [2.45, 2.75) is 32.1 Å². The van der Waals surface area contributed by atoms with Gasteiger partial charge in [-0.15, -0.1) is 0 Å². The molecule has 0 heterocycles. The molecule has 0 atom stereocenters. The predicted octanol–water partition coefficient (Wildman–Crippen LogP) is 1.58. The summed E-state index contributed by atoms with van der Waals surface area (Å²) in [6.07, 6.45) is 5.99. The zero-order chi connectivity index (χ0) is 8.16. The number of rotatable bonds is 6. The minimum Gasteiger partial charge on any atom is -0.396 e. The van der Waals surface area contributed by atoms with Crippen LogP contribution < -0.4 is 0 Å². The fraction of sp³-hybridized carbons (Fsp3) is 1.00. The second-order valence-corrected chi connectivity index (χ2v) is 3.61. The van der Waals surface area contributed by atoms with Crippen molar-refractivity contribution in [3.05, 3.63) is 0 Å². The van der Waals surface area contributed by atoms with Crippen molar-refractivity contribution < 1.29 is 9.84 Å². The quantitative estimate of drug-likeness (QED) is 0.595. The van der Waals surface area contributed by atoms with Crippen LogP contribution in [0.1, 0.15) is 32.1 Å². The summed E-state index contributed by atoms with van der Waals surface area (Å²) in [4.78, 5) is 0. The highest BCUT2D eigenvalue weighted by Crippen LogP contribution is 2.49. The summed E-state index contributed by atoms with van der Waals surface area (Å²) in [5.41, 5.74) is 0.341. The molecule has 0 aromatic rings. The molecule has 2 heteroatoms. The minimum absolute atomic E-state index is 0.341. The van der Waals surface area contributed by atoms with E-state index in [2.05, 4.69) is 0 Å². The lowest BCUT2D eigenvalue weighted by Gasteiger charge is -2.09. The van der Waals surface area contributed by atoms with Gasteiger partial charge in [0.2, 0.25) is 0 Å². The fourth-order valence-corrected chi connectivity index (χ4v) is 1.41. The summed E-state index contributed by atoms with van der Waals surface area (Å²) in [5.74, 6) is 0. The van der Waals surface area contributed by atoms with E-state index >= 15 is 0 Å². The van der Waals surface area contributed by atoms with E-state index in [1.54, 1.807) is 7.11 Å². The first-order valence-electron chi connectivity index (χ1n) is 4.43. The molecule has 66 valence electrons. The Labute approximate surface area is 68.6 Å². The van der Waals surface area contributed by atoms with E-state index in [0.717, 1.165) is 13.0 Å². The molecular weight excluding hydrogens is 140 g/mol. The summed E-state index contributed by atoms with van der Waals surface area (Å²) >= 11 is 0. The van der Waals surface area contributed by atoms with Crippen LogP contribution in [0.4, 0.5) is 0 Å². The normalized spacial score (nSPS) is 20.2. The van der Waals surface area contributed by atoms with Gasteiger partial charge in [-0.1, -0.05) is 6.42 Å². The van der Waals surface area contributed by atoms with Crippen LogP contribution >= 0.6 is 0 Å². The van der Waals surface area contributed by atoms with Crippen molar-refractivity contribution in [1.29, 1.82) is 0 Å². The van der Waals surface area contributed by atoms with Crippen LogP contribution in [0.2, 0.25) is 0 Å². The topological polar surface area (TPSA) is 29.5 Å². The first kappa shape index (κ1) is 9.01. The molecule has 1 aliphatic carbocycles. The Morgan fingerprint density at radius 1 is 1.36 bits per heavy atom. The predicted molar refractivity (Wildman–Crippen MR) is 44.5 cm³/mol. The third-order valence-corrected chi connectivity index (χ3v) is 2.60. The van der Waals surface area contributed by atoms with Gasteiger partial charge in [0.05, 0.1) is 0 Å². The van der Waals surface area contributed by atoms with E-state index < -0.39 is 0 Å². The molecule has 0 aliphatic heterocycles. The fourth-order valence-electron chi connectivity index (χ4n) is 1.41. The van der Waals surface area contributed by atoms with Crippen molar-refractivity contribution >= 4 is 0 Å². The second-order valence-electron chi connectivity index (χ2n) is 3.61. The number of hydrogen-bond donors (Lipinski definition) is 1. The van der Waals surface area contributed by atoms with Crippen LogP contribution in [-0.2, 0) is 4.74 Å². The van der Waals surface area contributed by atoms with Gasteiger partial charge in [-0.3, -0.25) is 0 Å². The number of unbranched alkanes of at least 4 members (excludes halogenated alkanes) is 1. The van der Waals surface area contributed by atoms with E-state index in [9.17, 15) is 0 Å². The summed E-state index contributed by atoms with van der Waals surface area (Å²) in [7, 11) is 1.74. The average Bonchev–Trinajstić information content (AvgIpc) is 2.80. The van der Waals surface area contributed by atoms with Crippen molar-refractivity contribution in [2.75, 3.05) is 20.3 Å². The number of methoxy groups -OCH3 is 1. The Kier molecular flexibility index (Phi) is 3.34. The van der Waals surface area contributed by atoms with Crippen molar-refractivity contribution in [1.82, 2.24) is 0 Å². The number of hydrogen-bond acceptors (Lipinski definition) is 2. The summed E-state index contributed by atoms with van der Waals surface area (Å²) in [6, 6.07) is 0. The zero-order valence-electron chi connectivity index (χ0n) is 7.31. The lowest BCUT2D eigenvalue weighted by Crippen LogP contribution is -2.06. The number of aliphatic hydroxyl groups excluding tert-OH is 1. The van der Waals surface area contributed by atoms with E-state index in [1.807, 2.05) is 0 Å². The van der Waals surface area contributed by atoms with Crippen LogP contribution in [-0.4, -0.2) is 25.4 Å². The molecule has 0 unspecified atom stereocenters. The van der Waals surface area contributed by atoms with Crippen LogP contribution in [0.15, 0.2) is 0 Å². The highest BCUT2D eigenvalue weighted by molar-refractivity contribution is 4.91. The minimum atomic E-state index is 0.341. The molecule has 0 radical (unpaired) electrons. The van der Waals surface area contributed by atoms with E-state index in [0.29, 0.717) is 12.0 Å². The van der Waals surface area contributed by atoms with E-state index in [-0.39, 0.29) is 0 Å². The second kappa shape index (κ2) is 4.07. The van der Waals surface area contributed by atoms with Gasteiger partial charge in [0, 0.05) is 20.3 Å². The Hall–Kier alpha value is -0.0800. The number of aliphatic hydroxyl groups is 1. The Balaban J connectivity index is 1.94. The molecule has 0 spiro atoms. The lowest BCUT2D eigenvalue weighted by atomic mass is 10.0. The molecule has 0 aromatic carbocycles. The van der Waals surface area contributed by atoms with Crippen molar-refractivity contribution in [3.8, 4) is 0 Å². The zero-order valence-corrected chi connectivity index (χ0v) is 7.31. The van der Waals surface area contributed by atoms with Gasteiger partial charge in [-0.05, 0) is 31.1 Å². The van der Waals surface area contributed by atoms with Crippen molar-refractivity contribution in [3.63, 3.8) is 0 Å². The molecule has 0 bridgehead atoms. The Morgan fingerprint density at radius 3 is 2.55 bits per heavy atom. The van der Waals surface area contributed by atoms with Gasteiger partial charge >= 0.3 is 0 Å². The molecule has 1 aliphatic rings. The standard InChI is InChI=1S/C9H18O2/c1-11-7-3-2-4-9(8-10)5-6-9/h10H,2-8H2,1H3. The molecule has 1 saturated carbocycles. The molecule has 0 aromatic heterocycles. The molecule has 1 rings (SSSR count). The maximum Gasteiger partial charge on any atom is 0.0487 e. The molecular formula is C9H18O2. The van der Waals surface area contributed by atoms with Crippen LogP contribution in [0.3, 0.4) is 0 Å². The smallest absolute Gasteiger partial charge is 0.0487 e. The largest absolute Gasteiger partial charge is 0.396 e. The summed E-state index contributed by atoms with van der Waals surface area (Å²) in [5, 5.41) is 8.98. The van der Waals surface area contributed by atoms with Gasteiger partial charge in [0.1, 0.15) is 0 Å². The van der Waals surface area contributed by atoms with Gasteiger partial charge in [0.15, 0.2) is 0 Å². The van der Waals surface area contributed by atoms with Gasteiger partial charge < -0.3 is 9.84 Å². The van der Waals surface area contributed by atoms with Crippen LogP contribution in [0, 0.1) is 5.41 Å². The third-order valence-electron chi connectivity index (χ3n) is 2.60. The average molecular weight is 158 g/mol.